The van der Waals surface area contributed by atoms with Gasteiger partial charge in [0, 0.05) is 24.7 Å². The van der Waals surface area contributed by atoms with Crippen molar-refractivity contribution in [2.24, 2.45) is 5.73 Å². The number of hydrogen-bond donors (Lipinski definition) is 2. The molecule has 0 amide bonds. The van der Waals surface area contributed by atoms with Gasteiger partial charge in [-0.3, -0.25) is 0 Å². The highest BCUT2D eigenvalue weighted by atomic mass is 16.4. The number of fused-ring (bicyclic) bond motifs is 1. The molecule has 2 rings (SSSR count). The van der Waals surface area contributed by atoms with Crippen molar-refractivity contribution in [1.29, 1.82) is 0 Å². The van der Waals surface area contributed by atoms with Crippen LogP contribution in [0.2, 0.25) is 0 Å². The molecule has 0 saturated heterocycles. The molecule has 0 fully saturated rings. The summed E-state index contributed by atoms with van der Waals surface area (Å²) in [6.45, 7) is 5.20. The lowest BCUT2D eigenvalue weighted by Crippen LogP contribution is -2.10. The minimum Gasteiger partial charge on any atom is -0.478 e. The Morgan fingerprint density at radius 1 is 1.42 bits per heavy atom. The minimum atomic E-state index is -0.881. The standard InChI is InChI=1S/C15H20N2O2/c1-3-4-11-9-17(6-5-16)14-12(11)7-10(2)8-13(14)15(18)19/h7-9H,3-6,16H2,1-2H3,(H,18,19). The third kappa shape index (κ3) is 2.49. The monoisotopic (exact) mass is 260 g/mol. The van der Waals surface area contributed by atoms with Gasteiger partial charge < -0.3 is 15.4 Å². The average molecular weight is 260 g/mol. The van der Waals surface area contributed by atoms with Crippen LogP contribution in [0.1, 0.15) is 34.8 Å². The highest BCUT2D eigenvalue weighted by Crippen LogP contribution is 2.27. The average Bonchev–Trinajstić information content (AvgIpc) is 2.68. The van der Waals surface area contributed by atoms with Crippen LogP contribution in [-0.4, -0.2) is 22.2 Å². The van der Waals surface area contributed by atoms with Gasteiger partial charge in [0.05, 0.1) is 11.1 Å². The van der Waals surface area contributed by atoms with E-state index in [1.165, 1.54) is 5.56 Å². The number of carbonyl (C=O) groups is 1. The van der Waals surface area contributed by atoms with Crippen LogP contribution in [-0.2, 0) is 13.0 Å². The van der Waals surface area contributed by atoms with E-state index in [1.807, 2.05) is 17.7 Å². The third-order valence-electron chi connectivity index (χ3n) is 3.32. The normalized spacial score (nSPS) is 11.1. The maximum absolute atomic E-state index is 11.4. The number of nitrogens with two attached hydrogens (primary N) is 1. The third-order valence-corrected chi connectivity index (χ3v) is 3.32. The molecule has 0 saturated carbocycles. The van der Waals surface area contributed by atoms with Crippen molar-refractivity contribution in [2.75, 3.05) is 6.54 Å². The van der Waals surface area contributed by atoms with E-state index in [1.54, 1.807) is 6.07 Å². The molecular formula is C15H20N2O2. The van der Waals surface area contributed by atoms with E-state index in [2.05, 4.69) is 13.0 Å². The first-order valence-electron chi connectivity index (χ1n) is 6.64. The molecule has 0 aliphatic heterocycles. The summed E-state index contributed by atoms with van der Waals surface area (Å²) in [5.74, 6) is -0.881. The van der Waals surface area contributed by atoms with Gasteiger partial charge in [-0.25, -0.2) is 4.79 Å². The van der Waals surface area contributed by atoms with Crippen molar-refractivity contribution in [3.8, 4) is 0 Å². The Morgan fingerprint density at radius 2 is 2.16 bits per heavy atom. The van der Waals surface area contributed by atoms with Crippen molar-refractivity contribution < 1.29 is 9.90 Å². The molecule has 2 aromatic rings. The van der Waals surface area contributed by atoms with Gasteiger partial charge >= 0.3 is 5.97 Å². The van der Waals surface area contributed by atoms with Crippen molar-refractivity contribution in [1.82, 2.24) is 4.57 Å². The van der Waals surface area contributed by atoms with Gasteiger partial charge in [0.1, 0.15) is 0 Å². The van der Waals surface area contributed by atoms with E-state index in [0.29, 0.717) is 18.7 Å². The van der Waals surface area contributed by atoms with Gasteiger partial charge in [0.2, 0.25) is 0 Å². The first-order valence-corrected chi connectivity index (χ1v) is 6.64. The topological polar surface area (TPSA) is 68.2 Å². The fourth-order valence-corrected chi connectivity index (χ4v) is 2.60. The highest BCUT2D eigenvalue weighted by molar-refractivity contribution is 6.03. The molecule has 0 radical (unpaired) electrons. The Bertz CT molecular complexity index is 614. The molecule has 0 spiro atoms. The summed E-state index contributed by atoms with van der Waals surface area (Å²) in [5, 5.41) is 10.4. The molecule has 4 nitrogen and oxygen atoms in total. The zero-order chi connectivity index (χ0) is 14.0. The summed E-state index contributed by atoms with van der Waals surface area (Å²) in [6, 6.07) is 3.80. The van der Waals surface area contributed by atoms with E-state index in [0.717, 1.165) is 29.3 Å². The lowest BCUT2D eigenvalue weighted by molar-refractivity contribution is 0.0698. The summed E-state index contributed by atoms with van der Waals surface area (Å²) in [7, 11) is 0. The Labute approximate surface area is 112 Å². The van der Waals surface area contributed by atoms with Crippen LogP contribution in [0.4, 0.5) is 0 Å². The van der Waals surface area contributed by atoms with Crippen LogP contribution in [0.5, 0.6) is 0 Å². The van der Waals surface area contributed by atoms with E-state index in [4.69, 9.17) is 5.73 Å². The number of aromatic nitrogens is 1. The Morgan fingerprint density at radius 3 is 2.74 bits per heavy atom. The zero-order valence-corrected chi connectivity index (χ0v) is 11.4. The van der Waals surface area contributed by atoms with Gasteiger partial charge in [-0.1, -0.05) is 13.3 Å². The number of benzene rings is 1. The predicted molar refractivity (Wildman–Crippen MR) is 76.7 cm³/mol. The molecule has 0 aliphatic rings. The molecule has 0 unspecified atom stereocenters. The molecule has 3 N–H and O–H groups in total. The molecule has 19 heavy (non-hydrogen) atoms. The van der Waals surface area contributed by atoms with Crippen molar-refractivity contribution in [3.63, 3.8) is 0 Å². The largest absolute Gasteiger partial charge is 0.478 e. The summed E-state index contributed by atoms with van der Waals surface area (Å²) in [6.07, 6.45) is 4.04. The number of carboxylic acids is 1. The first kappa shape index (κ1) is 13.6. The van der Waals surface area contributed by atoms with Gasteiger partial charge in [-0.2, -0.15) is 0 Å². The van der Waals surface area contributed by atoms with Crippen molar-refractivity contribution in [2.45, 2.75) is 33.2 Å². The second-order valence-electron chi connectivity index (χ2n) is 4.90. The molecule has 102 valence electrons. The van der Waals surface area contributed by atoms with Crippen LogP contribution in [0.15, 0.2) is 18.3 Å². The van der Waals surface area contributed by atoms with Crippen LogP contribution in [0.3, 0.4) is 0 Å². The van der Waals surface area contributed by atoms with E-state index in [-0.39, 0.29) is 0 Å². The van der Waals surface area contributed by atoms with E-state index < -0.39 is 5.97 Å². The van der Waals surface area contributed by atoms with Crippen LogP contribution in [0, 0.1) is 6.92 Å². The van der Waals surface area contributed by atoms with Gasteiger partial charge in [0.25, 0.3) is 0 Å². The molecule has 0 aliphatic carbocycles. The lowest BCUT2D eigenvalue weighted by Gasteiger charge is -2.07. The van der Waals surface area contributed by atoms with Gasteiger partial charge in [-0.15, -0.1) is 0 Å². The second-order valence-corrected chi connectivity index (χ2v) is 4.90. The number of aryl methyl sites for hydroxylation is 2. The van der Waals surface area contributed by atoms with Crippen LogP contribution < -0.4 is 5.73 Å². The van der Waals surface area contributed by atoms with Crippen molar-refractivity contribution >= 4 is 16.9 Å². The highest BCUT2D eigenvalue weighted by Gasteiger charge is 2.16. The number of rotatable bonds is 5. The summed E-state index contributed by atoms with van der Waals surface area (Å²) >= 11 is 0. The molecule has 1 heterocycles. The summed E-state index contributed by atoms with van der Waals surface area (Å²) < 4.78 is 1.98. The zero-order valence-electron chi connectivity index (χ0n) is 11.4. The first-order chi connectivity index (χ1) is 9.08. The quantitative estimate of drug-likeness (QED) is 0.868. The number of aromatic carboxylic acids is 1. The molecule has 1 aromatic carbocycles. The SMILES string of the molecule is CCCc1cn(CCN)c2c(C(=O)O)cc(C)cc12. The van der Waals surface area contributed by atoms with Crippen LogP contribution >= 0.6 is 0 Å². The molecule has 1 aromatic heterocycles. The van der Waals surface area contributed by atoms with Gasteiger partial charge in [0.15, 0.2) is 0 Å². The lowest BCUT2D eigenvalue weighted by atomic mass is 10.0. The van der Waals surface area contributed by atoms with E-state index >= 15 is 0 Å². The molecule has 4 heteroatoms. The number of carboxylic acid groups (broad SMARTS) is 1. The second kappa shape index (κ2) is 5.45. The van der Waals surface area contributed by atoms with Crippen LogP contribution in [0.25, 0.3) is 10.9 Å². The minimum absolute atomic E-state index is 0.366. The Kier molecular flexibility index (Phi) is 3.90. The molecule has 0 atom stereocenters. The Balaban J connectivity index is 2.77. The smallest absolute Gasteiger partial charge is 0.337 e. The molecular weight excluding hydrogens is 240 g/mol. The maximum Gasteiger partial charge on any atom is 0.337 e. The van der Waals surface area contributed by atoms with Gasteiger partial charge in [-0.05, 0) is 36.6 Å². The fraction of sp³-hybridized carbons (Fsp3) is 0.400. The number of hydrogen-bond acceptors (Lipinski definition) is 2. The maximum atomic E-state index is 11.4. The number of nitrogens with zero attached hydrogens (tertiary/aromatic N) is 1. The van der Waals surface area contributed by atoms with E-state index in [9.17, 15) is 9.90 Å². The fourth-order valence-electron chi connectivity index (χ4n) is 2.60. The van der Waals surface area contributed by atoms with Crippen molar-refractivity contribution in [3.05, 3.63) is 35.0 Å². The molecule has 0 bridgehead atoms. The summed E-state index contributed by atoms with van der Waals surface area (Å²) in [5.41, 5.74) is 8.97. The summed E-state index contributed by atoms with van der Waals surface area (Å²) in [4.78, 5) is 11.4. The Hall–Kier alpha value is -1.81. The predicted octanol–water partition coefficient (Wildman–Crippen LogP) is 2.56.